The molecule has 0 atom stereocenters. The molecule has 1 aromatic carbocycles. The van der Waals surface area contributed by atoms with Gasteiger partial charge in [-0.1, -0.05) is 30.3 Å². The maximum Gasteiger partial charge on any atom is 0.271 e. The molecule has 0 aliphatic carbocycles. The minimum Gasteiger partial charge on any atom is -0.320 e. The summed E-state index contributed by atoms with van der Waals surface area (Å²) in [6.07, 6.45) is 0.553. The van der Waals surface area contributed by atoms with Crippen molar-refractivity contribution in [2.24, 2.45) is 5.10 Å². The summed E-state index contributed by atoms with van der Waals surface area (Å²) in [5.41, 5.74) is 3.52. The van der Waals surface area contributed by atoms with Gasteiger partial charge in [-0.2, -0.15) is 10.4 Å². The van der Waals surface area contributed by atoms with Gasteiger partial charge in [-0.3, -0.25) is 9.59 Å². The van der Waals surface area contributed by atoms with Crippen LogP contribution in [0, 0.1) is 11.3 Å². The van der Waals surface area contributed by atoms with Crippen LogP contribution < -0.4 is 5.43 Å². The molecule has 0 saturated heterocycles. The van der Waals surface area contributed by atoms with Gasteiger partial charge >= 0.3 is 0 Å². The standard InChI is InChI=1S/C14H14N4O2/c15-8-9-18(10-11-4-2-1-3-5-11)14(20)12-6-7-13(19)17-16-12/h1-5H,6-7,9-10H2,(H,17,19). The molecule has 0 radical (unpaired) electrons. The van der Waals surface area contributed by atoms with Crippen molar-refractivity contribution >= 4 is 17.5 Å². The van der Waals surface area contributed by atoms with Crippen molar-refractivity contribution in [1.82, 2.24) is 10.3 Å². The second kappa shape index (κ2) is 6.48. The van der Waals surface area contributed by atoms with E-state index in [-0.39, 0.29) is 30.5 Å². The van der Waals surface area contributed by atoms with Crippen LogP contribution >= 0.6 is 0 Å². The Labute approximate surface area is 116 Å². The number of nitrogens with one attached hydrogen (secondary N) is 1. The Morgan fingerprint density at radius 2 is 2.10 bits per heavy atom. The molecule has 0 fully saturated rings. The summed E-state index contributed by atoms with van der Waals surface area (Å²) < 4.78 is 0. The zero-order valence-electron chi connectivity index (χ0n) is 10.9. The molecule has 6 heteroatoms. The number of carbonyl (C=O) groups is 2. The molecule has 102 valence electrons. The molecule has 2 amide bonds. The summed E-state index contributed by atoms with van der Waals surface area (Å²) in [5.74, 6) is -0.508. The maximum absolute atomic E-state index is 12.3. The van der Waals surface area contributed by atoms with Crippen molar-refractivity contribution in [3.8, 4) is 6.07 Å². The third-order valence-electron chi connectivity index (χ3n) is 2.92. The molecule has 0 saturated carbocycles. The largest absolute Gasteiger partial charge is 0.320 e. The van der Waals surface area contributed by atoms with Crippen molar-refractivity contribution in [2.75, 3.05) is 6.54 Å². The van der Waals surface area contributed by atoms with Crippen LogP contribution in [0.3, 0.4) is 0 Å². The molecule has 0 spiro atoms. The van der Waals surface area contributed by atoms with E-state index in [1.807, 2.05) is 36.4 Å². The lowest BCUT2D eigenvalue weighted by atomic mass is 10.1. The highest BCUT2D eigenvalue weighted by Gasteiger charge is 2.23. The van der Waals surface area contributed by atoms with Crippen LogP contribution in [0.1, 0.15) is 18.4 Å². The van der Waals surface area contributed by atoms with E-state index in [9.17, 15) is 9.59 Å². The number of amides is 2. The van der Waals surface area contributed by atoms with Gasteiger partial charge in [0, 0.05) is 19.4 Å². The molecular formula is C14H14N4O2. The van der Waals surface area contributed by atoms with Crippen molar-refractivity contribution in [3.05, 3.63) is 35.9 Å². The lowest BCUT2D eigenvalue weighted by Gasteiger charge is -2.21. The number of hydrogen-bond acceptors (Lipinski definition) is 4. The fourth-order valence-electron chi connectivity index (χ4n) is 1.90. The molecule has 1 heterocycles. The first-order chi connectivity index (χ1) is 9.70. The number of rotatable bonds is 4. The van der Waals surface area contributed by atoms with Crippen LogP contribution in [0.25, 0.3) is 0 Å². The summed E-state index contributed by atoms with van der Waals surface area (Å²) in [7, 11) is 0. The Balaban J connectivity index is 2.10. The smallest absolute Gasteiger partial charge is 0.271 e. The third kappa shape index (κ3) is 3.42. The molecule has 1 aromatic rings. The van der Waals surface area contributed by atoms with Crippen molar-refractivity contribution in [2.45, 2.75) is 19.4 Å². The number of hydrazone groups is 1. The monoisotopic (exact) mass is 270 g/mol. The van der Waals surface area contributed by atoms with E-state index in [0.29, 0.717) is 13.0 Å². The predicted octanol–water partition coefficient (Wildman–Crippen LogP) is 0.805. The van der Waals surface area contributed by atoms with Gasteiger partial charge in [-0.05, 0) is 5.56 Å². The van der Waals surface area contributed by atoms with Crippen LogP contribution in [0.5, 0.6) is 0 Å². The SMILES string of the molecule is N#CCN(Cc1ccccc1)C(=O)C1=NNC(=O)CC1. The first-order valence-electron chi connectivity index (χ1n) is 6.26. The highest BCUT2D eigenvalue weighted by molar-refractivity contribution is 6.39. The Morgan fingerprint density at radius 1 is 1.35 bits per heavy atom. The Kier molecular flexibility index (Phi) is 4.45. The molecule has 1 aliphatic heterocycles. The second-order valence-corrected chi connectivity index (χ2v) is 4.40. The lowest BCUT2D eigenvalue weighted by Crippen LogP contribution is -2.40. The topological polar surface area (TPSA) is 85.6 Å². The van der Waals surface area contributed by atoms with Gasteiger partial charge < -0.3 is 4.90 Å². The van der Waals surface area contributed by atoms with Crippen LogP contribution in [-0.2, 0) is 16.1 Å². The van der Waals surface area contributed by atoms with Crippen LogP contribution in [0.15, 0.2) is 35.4 Å². The van der Waals surface area contributed by atoms with Gasteiger partial charge in [0.05, 0.1) is 6.07 Å². The van der Waals surface area contributed by atoms with Crippen LogP contribution in [0.4, 0.5) is 0 Å². The summed E-state index contributed by atoms with van der Waals surface area (Å²) in [4.78, 5) is 24.7. The summed E-state index contributed by atoms with van der Waals surface area (Å²) >= 11 is 0. The molecule has 1 N–H and O–H groups in total. The van der Waals surface area contributed by atoms with Crippen LogP contribution in [-0.4, -0.2) is 29.0 Å². The van der Waals surface area contributed by atoms with Gasteiger partial charge in [0.25, 0.3) is 5.91 Å². The van der Waals surface area contributed by atoms with Gasteiger partial charge in [-0.15, -0.1) is 0 Å². The van der Waals surface area contributed by atoms with E-state index in [1.54, 1.807) is 0 Å². The predicted molar refractivity (Wildman–Crippen MR) is 72.3 cm³/mol. The average molecular weight is 270 g/mol. The molecule has 20 heavy (non-hydrogen) atoms. The van der Waals surface area contributed by atoms with Crippen molar-refractivity contribution in [3.63, 3.8) is 0 Å². The van der Waals surface area contributed by atoms with E-state index in [1.165, 1.54) is 4.90 Å². The summed E-state index contributed by atoms with van der Waals surface area (Å²) in [5, 5.41) is 12.6. The number of carbonyl (C=O) groups excluding carboxylic acids is 2. The minimum absolute atomic E-state index is 0.0132. The molecule has 6 nitrogen and oxygen atoms in total. The molecule has 2 rings (SSSR count). The first kappa shape index (κ1) is 13.7. The van der Waals surface area contributed by atoms with E-state index in [0.717, 1.165) is 5.56 Å². The van der Waals surface area contributed by atoms with E-state index < -0.39 is 0 Å². The molecular weight excluding hydrogens is 256 g/mol. The number of nitriles is 1. The average Bonchev–Trinajstić information content (AvgIpc) is 2.48. The lowest BCUT2D eigenvalue weighted by molar-refractivity contribution is -0.124. The van der Waals surface area contributed by atoms with Gasteiger partial charge in [-0.25, -0.2) is 5.43 Å². The Morgan fingerprint density at radius 3 is 2.70 bits per heavy atom. The zero-order chi connectivity index (χ0) is 14.4. The number of benzene rings is 1. The Hall–Kier alpha value is -2.68. The summed E-state index contributed by atoms with van der Waals surface area (Å²) in [6.45, 7) is 0.334. The van der Waals surface area contributed by atoms with Crippen molar-refractivity contribution < 1.29 is 9.59 Å². The molecule has 0 unspecified atom stereocenters. The van der Waals surface area contributed by atoms with Crippen molar-refractivity contribution in [1.29, 1.82) is 5.26 Å². The van der Waals surface area contributed by atoms with E-state index in [4.69, 9.17) is 5.26 Å². The molecule has 0 aromatic heterocycles. The minimum atomic E-state index is -0.310. The highest BCUT2D eigenvalue weighted by Crippen LogP contribution is 2.08. The quantitative estimate of drug-likeness (QED) is 0.821. The van der Waals surface area contributed by atoms with E-state index in [2.05, 4.69) is 10.5 Å². The van der Waals surface area contributed by atoms with Gasteiger partial charge in [0.2, 0.25) is 5.91 Å². The maximum atomic E-state index is 12.3. The van der Waals surface area contributed by atoms with E-state index >= 15 is 0 Å². The third-order valence-corrected chi connectivity index (χ3v) is 2.92. The second-order valence-electron chi connectivity index (χ2n) is 4.40. The van der Waals surface area contributed by atoms with Crippen LogP contribution in [0.2, 0.25) is 0 Å². The normalized spacial score (nSPS) is 13.9. The van der Waals surface area contributed by atoms with Gasteiger partial charge in [0.15, 0.2) is 0 Å². The first-order valence-corrected chi connectivity index (χ1v) is 6.26. The zero-order valence-corrected chi connectivity index (χ0v) is 10.9. The number of hydrogen-bond donors (Lipinski definition) is 1. The van der Waals surface area contributed by atoms with Gasteiger partial charge in [0.1, 0.15) is 12.3 Å². The number of nitrogens with zero attached hydrogens (tertiary/aromatic N) is 3. The molecule has 0 bridgehead atoms. The highest BCUT2D eigenvalue weighted by atomic mass is 16.2. The fourth-order valence-corrected chi connectivity index (χ4v) is 1.90. The fraction of sp³-hybridized carbons (Fsp3) is 0.286. The molecule has 1 aliphatic rings. The Bertz CT molecular complexity index is 575. The summed E-state index contributed by atoms with van der Waals surface area (Å²) in [6, 6.07) is 11.4.